The first kappa shape index (κ1) is 11.0. The topological polar surface area (TPSA) is 0 Å². The van der Waals surface area contributed by atoms with E-state index < -0.39 is 0 Å². The average molecular weight is 227 g/mol. The van der Waals surface area contributed by atoms with Crippen LogP contribution in [0.25, 0.3) is 0 Å². The highest BCUT2D eigenvalue weighted by Gasteiger charge is 2.20. The number of hydrogen-bond acceptors (Lipinski definition) is 0. The standard InChI is InChI=1S/C15H15S/c1-2-13-16(14-9-5-3-6-10-14)15-11-7-4-8-12-15/h2-13H,1H3/q+1. The largest absolute Gasteiger partial charge is 0.165 e. The summed E-state index contributed by atoms with van der Waals surface area (Å²) in [6, 6.07) is 21.3. The molecule has 0 saturated heterocycles. The molecule has 0 radical (unpaired) electrons. The molecule has 0 nitrogen and oxygen atoms in total. The summed E-state index contributed by atoms with van der Waals surface area (Å²) in [4.78, 5) is 2.73. The summed E-state index contributed by atoms with van der Waals surface area (Å²) in [5, 5.41) is 2.27. The minimum Gasteiger partial charge on any atom is -0.0619 e. The van der Waals surface area contributed by atoms with E-state index in [1.165, 1.54) is 9.79 Å². The smallest absolute Gasteiger partial charge is 0.0619 e. The second kappa shape index (κ2) is 5.57. The highest BCUT2D eigenvalue weighted by atomic mass is 32.2. The molecule has 0 heterocycles. The van der Waals surface area contributed by atoms with Crippen LogP contribution < -0.4 is 0 Å². The summed E-state index contributed by atoms with van der Waals surface area (Å²) in [5.74, 6) is 0. The second-order valence-corrected chi connectivity index (χ2v) is 5.32. The second-order valence-electron chi connectivity index (χ2n) is 3.43. The van der Waals surface area contributed by atoms with Crippen molar-refractivity contribution in [3.63, 3.8) is 0 Å². The molecular formula is C15H15S+. The molecule has 0 aliphatic rings. The molecule has 16 heavy (non-hydrogen) atoms. The fraction of sp³-hybridized carbons (Fsp3) is 0.0667. The van der Waals surface area contributed by atoms with E-state index in [0.717, 1.165) is 0 Å². The van der Waals surface area contributed by atoms with Gasteiger partial charge < -0.3 is 0 Å². The molecule has 0 atom stereocenters. The molecule has 0 bridgehead atoms. The zero-order valence-corrected chi connectivity index (χ0v) is 10.2. The van der Waals surface area contributed by atoms with E-state index >= 15 is 0 Å². The molecule has 0 amide bonds. The molecule has 0 aliphatic carbocycles. The summed E-state index contributed by atoms with van der Waals surface area (Å²) in [5.41, 5.74) is 0. The van der Waals surface area contributed by atoms with Gasteiger partial charge in [-0.1, -0.05) is 36.4 Å². The van der Waals surface area contributed by atoms with Gasteiger partial charge in [-0.25, -0.2) is 0 Å². The molecular weight excluding hydrogens is 212 g/mol. The van der Waals surface area contributed by atoms with Crippen LogP contribution in [-0.4, -0.2) is 0 Å². The highest BCUT2D eigenvalue weighted by molar-refractivity contribution is 7.99. The number of allylic oxidation sites excluding steroid dienone is 1. The molecule has 2 aromatic rings. The molecule has 0 spiro atoms. The van der Waals surface area contributed by atoms with Gasteiger partial charge in [0, 0.05) is 0 Å². The van der Waals surface area contributed by atoms with Gasteiger partial charge in [-0.05, 0) is 37.3 Å². The van der Waals surface area contributed by atoms with E-state index in [4.69, 9.17) is 0 Å². The molecule has 1 heteroatoms. The third-order valence-corrected chi connectivity index (χ3v) is 4.37. The van der Waals surface area contributed by atoms with Gasteiger partial charge in [-0.2, -0.15) is 0 Å². The number of benzene rings is 2. The predicted molar refractivity (Wildman–Crippen MR) is 71.6 cm³/mol. The molecule has 0 N–H and O–H groups in total. The Morgan fingerprint density at radius 2 is 1.19 bits per heavy atom. The van der Waals surface area contributed by atoms with Gasteiger partial charge in [0.2, 0.25) is 0 Å². The van der Waals surface area contributed by atoms with E-state index in [1.807, 2.05) is 0 Å². The van der Waals surface area contributed by atoms with Gasteiger partial charge in [0.25, 0.3) is 0 Å². The molecule has 0 aromatic heterocycles. The SMILES string of the molecule is CC=C[S+](c1ccccc1)c1ccccc1. The molecule has 0 saturated carbocycles. The predicted octanol–water partition coefficient (Wildman–Crippen LogP) is 4.26. The Labute approximate surface area is 100.0 Å². The van der Waals surface area contributed by atoms with Crippen LogP contribution in [0.1, 0.15) is 6.92 Å². The van der Waals surface area contributed by atoms with Crippen LogP contribution >= 0.6 is 0 Å². The van der Waals surface area contributed by atoms with Crippen LogP contribution in [0.3, 0.4) is 0 Å². The third kappa shape index (κ3) is 2.56. The van der Waals surface area contributed by atoms with Gasteiger partial charge in [0.1, 0.15) is 5.41 Å². The van der Waals surface area contributed by atoms with Gasteiger partial charge in [-0.3, -0.25) is 0 Å². The van der Waals surface area contributed by atoms with E-state index in [-0.39, 0.29) is 10.9 Å². The molecule has 0 fully saturated rings. The van der Waals surface area contributed by atoms with E-state index in [2.05, 4.69) is 79.1 Å². The zero-order valence-electron chi connectivity index (χ0n) is 9.34. The first-order valence-corrected chi connectivity index (χ1v) is 6.66. The van der Waals surface area contributed by atoms with E-state index in [9.17, 15) is 0 Å². The van der Waals surface area contributed by atoms with Crippen LogP contribution in [0, 0.1) is 0 Å². The van der Waals surface area contributed by atoms with Gasteiger partial charge in [0.15, 0.2) is 9.79 Å². The fourth-order valence-corrected chi connectivity index (χ4v) is 3.32. The van der Waals surface area contributed by atoms with Crippen LogP contribution in [0.2, 0.25) is 0 Å². The summed E-state index contributed by atoms with van der Waals surface area (Å²) < 4.78 is 0. The van der Waals surface area contributed by atoms with Crippen molar-refractivity contribution in [3.05, 3.63) is 72.1 Å². The van der Waals surface area contributed by atoms with Crippen molar-refractivity contribution in [2.45, 2.75) is 16.7 Å². The third-order valence-electron chi connectivity index (χ3n) is 2.27. The Balaban J connectivity index is 2.39. The van der Waals surface area contributed by atoms with Gasteiger partial charge in [-0.15, -0.1) is 0 Å². The Hall–Kier alpha value is -1.47. The van der Waals surface area contributed by atoms with Crippen LogP contribution in [0.4, 0.5) is 0 Å². The van der Waals surface area contributed by atoms with Crippen molar-refractivity contribution in [1.82, 2.24) is 0 Å². The van der Waals surface area contributed by atoms with Crippen molar-refractivity contribution in [3.8, 4) is 0 Å². The lowest BCUT2D eigenvalue weighted by Gasteiger charge is -2.02. The maximum Gasteiger partial charge on any atom is 0.165 e. The van der Waals surface area contributed by atoms with E-state index in [1.54, 1.807) is 0 Å². The normalized spacial score (nSPS) is 11.1. The molecule has 0 aliphatic heterocycles. The lowest BCUT2D eigenvalue weighted by Crippen LogP contribution is -1.98. The summed E-state index contributed by atoms with van der Waals surface area (Å²) in [7, 11) is 0.0682. The van der Waals surface area contributed by atoms with Crippen molar-refractivity contribution in [1.29, 1.82) is 0 Å². The zero-order chi connectivity index (χ0) is 11.2. The van der Waals surface area contributed by atoms with Crippen molar-refractivity contribution in [2.75, 3.05) is 0 Å². The summed E-state index contributed by atoms with van der Waals surface area (Å²) in [6.45, 7) is 2.08. The molecule has 2 aromatic carbocycles. The number of rotatable bonds is 3. The fourth-order valence-electron chi connectivity index (χ4n) is 1.56. The van der Waals surface area contributed by atoms with Crippen molar-refractivity contribution in [2.24, 2.45) is 0 Å². The van der Waals surface area contributed by atoms with Gasteiger partial charge in [0.05, 0.1) is 10.9 Å². The minimum absolute atomic E-state index is 0.0682. The van der Waals surface area contributed by atoms with Crippen LogP contribution in [-0.2, 0) is 10.9 Å². The Bertz CT molecular complexity index is 406. The molecule has 0 unspecified atom stereocenters. The quantitative estimate of drug-likeness (QED) is 0.687. The first-order chi connectivity index (χ1) is 7.92. The monoisotopic (exact) mass is 227 g/mol. The maximum absolute atomic E-state index is 2.27. The lowest BCUT2D eigenvalue weighted by molar-refractivity contribution is 1.38. The average Bonchev–Trinajstić information content (AvgIpc) is 2.38. The van der Waals surface area contributed by atoms with Crippen molar-refractivity contribution < 1.29 is 0 Å². The molecule has 2 rings (SSSR count). The Morgan fingerprint density at radius 3 is 1.56 bits per heavy atom. The molecule has 80 valence electrons. The van der Waals surface area contributed by atoms with Crippen molar-refractivity contribution >= 4 is 10.9 Å². The summed E-state index contributed by atoms with van der Waals surface area (Å²) in [6.07, 6.45) is 2.13. The maximum atomic E-state index is 2.27. The first-order valence-electron chi connectivity index (χ1n) is 5.38. The van der Waals surface area contributed by atoms with Crippen LogP contribution in [0.15, 0.2) is 81.9 Å². The highest BCUT2D eigenvalue weighted by Crippen LogP contribution is 2.24. The summed E-state index contributed by atoms with van der Waals surface area (Å²) >= 11 is 0. The number of hydrogen-bond donors (Lipinski definition) is 0. The Morgan fingerprint density at radius 1 is 0.750 bits per heavy atom. The van der Waals surface area contributed by atoms with Crippen LogP contribution in [0.5, 0.6) is 0 Å². The van der Waals surface area contributed by atoms with Gasteiger partial charge >= 0.3 is 0 Å². The van der Waals surface area contributed by atoms with E-state index in [0.29, 0.717) is 0 Å². The minimum atomic E-state index is 0.0682. The Kier molecular flexibility index (Phi) is 3.84. The lowest BCUT2D eigenvalue weighted by atomic mass is 10.4.